The molecular formula is C23H33N3O5. The van der Waals surface area contributed by atoms with E-state index in [1.807, 2.05) is 38.1 Å². The molecule has 8 nitrogen and oxygen atoms in total. The summed E-state index contributed by atoms with van der Waals surface area (Å²) in [6.45, 7) is 10.7. The molecule has 170 valence electrons. The van der Waals surface area contributed by atoms with Crippen molar-refractivity contribution in [1.82, 2.24) is 15.8 Å². The number of hydrogen-bond donors (Lipinski definition) is 2. The van der Waals surface area contributed by atoms with Gasteiger partial charge in [0.25, 0.3) is 0 Å². The number of alkyl carbamates (subject to hydrolysis) is 1. The average molecular weight is 432 g/mol. The zero-order valence-corrected chi connectivity index (χ0v) is 19.0. The van der Waals surface area contributed by atoms with Crippen molar-refractivity contribution in [2.24, 2.45) is 5.92 Å². The molecule has 0 radical (unpaired) electrons. The van der Waals surface area contributed by atoms with Crippen LogP contribution in [0.1, 0.15) is 49.8 Å². The smallest absolute Gasteiger partial charge is 0.407 e. The minimum atomic E-state index is -0.463. The van der Waals surface area contributed by atoms with Crippen LogP contribution in [0.5, 0.6) is 5.75 Å². The maximum Gasteiger partial charge on any atom is 0.407 e. The Bertz CT molecular complexity index is 826. The molecule has 0 bridgehead atoms. The van der Waals surface area contributed by atoms with Crippen LogP contribution in [0.2, 0.25) is 0 Å². The van der Waals surface area contributed by atoms with E-state index in [9.17, 15) is 9.59 Å². The molecule has 0 aliphatic rings. The Morgan fingerprint density at radius 3 is 2.45 bits per heavy atom. The van der Waals surface area contributed by atoms with E-state index in [1.54, 1.807) is 6.92 Å². The van der Waals surface area contributed by atoms with Crippen molar-refractivity contribution in [2.45, 2.75) is 60.1 Å². The summed E-state index contributed by atoms with van der Waals surface area (Å²) in [4.78, 5) is 24.1. The lowest BCUT2D eigenvalue weighted by Crippen LogP contribution is -2.44. The topological polar surface area (TPSA) is 103 Å². The monoisotopic (exact) mass is 431 g/mol. The van der Waals surface area contributed by atoms with Crippen LogP contribution < -0.4 is 15.4 Å². The van der Waals surface area contributed by atoms with Crippen LogP contribution in [0.25, 0.3) is 0 Å². The van der Waals surface area contributed by atoms with E-state index in [0.717, 1.165) is 29.0 Å². The molecule has 1 heterocycles. The molecule has 2 N–H and O–H groups in total. The Morgan fingerprint density at radius 1 is 1.16 bits per heavy atom. The first-order valence-electron chi connectivity index (χ1n) is 10.6. The van der Waals surface area contributed by atoms with Gasteiger partial charge in [-0.15, -0.1) is 0 Å². The van der Waals surface area contributed by atoms with E-state index in [4.69, 9.17) is 14.0 Å². The summed E-state index contributed by atoms with van der Waals surface area (Å²) in [5.74, 6) is 1.73. The summed E-state index contributed by atoms with van der Waals surface area (Å²) >= 11 is 0. The van der Waals surface area contributed by atoms with Crippen LogP contribution in [0, 0.1) is 19.8 Å². The molecule has 31 heavy (non-hydrogen) atoms. The van der Waals surface area contributed by atoms with Gasteiger partial charge < -0.3 is 24.6 Å². The number of amides is 2. The number of carbonyl (C=O) groups is 2. The minimum absolute atomic E-state index is 0.108. The molecule has 0 spiro atoms. The fourth-order valence-corrected chi connectivity index (χ4v) is 3.15. The molecule has 1 aromatic carbocycles. The first-order valence-corrected chi connectivity index (χ1v) is 10.6. The van der Waals surface area contributed by atoms with Gasteiger partial charge in [-0.2, -0.15) is 0 Å². The van der Waals surface area contributed by atoms with E-state index in [0.29, 0.717) is 31.4 Å². The van der Waals surface area contributed by atoms with Gasteiger partial charge in [-0.05, 0) is 50.8 Å². The Hall–Kier alpha value is -3.03. The van der Waals surface area contributed by atoms with Crippen molar-refractivity contribution < 1.29 is 23.6 Å². The van der Waals surface area contributed by atoms with E-state index in [1.165, 1.54) is 0 Å². The molecule has 0 saturated carbocycles. The molecule has 1 aromatic heterocycles. The second-order valence-electron chi connectivity index (χ2n) is 7.91. The van der Waals surface area contributed by atoms with E-state index >= 15 is 0 Å². The van der Waals surface area contributed by atoms with Crippen LogP contribution in [0.15, 0.2) is 28.8 Å². The van der Waals surface area contributed by atoms with E-state index in [2.05, 4.69) is 29.6 Å². The standard InChI is InChI=1S/C23H33N3O5/c1-6-29-23(28)25-19(11-15(2)3)13-24-22(27)12-18-7-9-20(10-8-18)30-14-21-16(4)26-31-17(21)5/h7-10,15,19H,6,11-14H2,1-5H3,(H,24,27)(H,25,28). The highest BCUT2D eigenvalue weighted by atomic mass is 16.5. The summed E-state index contributed by atoms with van der Waals surface area (Å²) < 4.78 is 15.9. The lowest BCUT2D eigenvalue weighted by Gasteiger charge is -2.20. The van der Waals surface area contributed by atoms with Crippen molar-refractivity contribution in [2.75, 3.05) is 13.2 Å². The van der Waals surface area contributed by atoms with Gasteiger partial charge in [0.2, 0.25) is 5.91 Å². The number of ether oxygens (including phenoxy) is 2. The SMILES string of the molecule is CCOC(=O)NC(CNC(=O)Cc1ccc(OCc2c(C)noc2C)cc1)CC(C)C. The average Bonchev–Trinajstić information content (AvgIpc) is 3.03. The first-order chi connectivity index (χ1) is 14.8. The molecule has 0 fully saturated rings. The van der Waals surface area contributed by atoms with E-state index in [-0.39, 0.29) is 18.4 Å². The second kappa shape index (κ2) is 12.0. The number of hydrogen-bond acceptors (Lipinski definition) is 6. The van der Waals surface area contributed by atoms with Gasteiger partial charge in [0, 0.05) is 12.6 Å². The van der Waals surface area contributed by atoms with Crippen LogP contribution in [0.4, 0.5) is 4.79 Å². The number of carbonyl (C=O) groups excluding carboxylic acids is 2. The third-order valence-corrected chi connectivity index (χ3v) is 4.75. The molecule has 0 aliphatic carbocycles. The second-order valence-corrected chi connectivity index (χ2v) is 7.91. The van der Waals surface area contributed by atoms with Crippen molar-refractivity contribution in [3.05, 3.63) is 46.8 Å². The summed E-state index contributed by atoms with van der Waals surface area (Å²) in [7, 11) is 0. The van der Waals surface area contributed by atoms with Gasteiger partial charge >= 0.3 is 6.09 Å². The summed E-state index contributed by atoms with van der Waals surface area (Å²) in [6, 6.07) is 7.23. The van der Waals surface area contributed by atoms with Crippen molar-refractivity contribution in [3.8, 4) is 5.75 Å². The molecule has 0 aliphatic heterocycles. The van der Waals surface area contributed by atoms with Gasteiger partial charge in [0.15, 0.2) is 0 Å². The zero-order chi connectivity index (χ0) is 22.8. The van der Waals surface area contributed by atoms with Crippen molar-refractivity contribution in [1.29, 1.82) is 0 Å². The number of nitrogens with one attached hydrogen (secondary N) is 2. The first kappa shape index (κ1) is 24.2. The molecule has 2 amide bonds. The normalized spacial score (nSPS) is 11.8. The fourth-order valence-electron chi connectivity index (χ4n) is 3.15. The number of benzene rings is 1. The number of nitrogens with zero attached hydrogens (tertiary/aromatic N) is 1. The third-order valence-electron chi connectivity index (χ3n) is 4.75. The Kier molecular flexibility index (Phi) is 9.37. The van der Waals surface area contributed by atoms with Crippen molar-refractivity contribution in [3.63, 3.8) is 0 Å². The van der Waals surface area contributed by atoms with Crippen LogP contribution in [-0.4, -0.2) is 36.4 Å². The lowest BCUT2D eigenvalue weighted by molar-refractivity contribution is -0.120. The maximum absolute atomic E-state index is 12.4. The predicted octanol–water partition coefficient (Wildman–Crippen LogP) is 3.69. The maximum atomic E-state index is 12.4. The number of aryl methyl sites for hydroxylation is 2. The lowest BCUT2D eigenvalue weighted by atomic mass is 10.0. The Labute approximate surface area is 183 Å². The number of aromatic nitrogens is 1. The highest BCUT2D eigenvalue weighted by Crippen LogP contribution is 2.18. The Balaban J connectivity index is 1.82. The van der Waals surface area contributed by atoms with Crippen LogP contribution in [0.3, 0.4) is 0 Å². The van der Waals surface area contributed by atoms with Gasteiger partial charge in [-0.25, -0.2) is 4.79 Å². The summed E-state index contributed by atoms with van der Waals surface area (Å²) in [5, 5.41) is 9.62. The Morgan fingerprint density at radius 2 is 1.87 bits per heavy atom. The predicted molar refractivity (Wildman–Crippen MR) is 117 cm³/mol. The van der Waals surface area contributed by atoms with E-state index < -0.39 is 6.09 Å². The summed E-state index contributed by atoms with van der Waals surface area (Å²) in [6.07, 6.45) is 0.531. The van der Waals surface area contributed by atoms with Gasteiger partial charge in [-0.3, -0.25) is 4.79 Å². The van der Waals surface area contributed by atoms with Gasteiger partial charge in [-0.1, -0.05) is 31.1 Å². The fraction of sp³-hybridized carbons (Fsp3) is 0.522. The van der Waals surface area contributed by atoms with Crippen LogP contribution in [-0.2, 0) is 22.6 Å². The largest absolute Gasteiger partial charge is 0.489 e. The molecule has 8 heteroatoms. The van der Waals surface area contributed by atoms with Gasteiger partial charge in [0.1, 0.15) is 18.1 Å². The molecule has 2 rings (SSSR count). The highest BCUT2D eigenvalue weighted by molar-refractivity contribution is 5.78. The molecule has 2 aromatic rings. The molecular weight excluding hydrogens is 398 g/mol. The number of rotatable bonds is 11. The third kappa shape index (κ3) is 8.32. The molecule has 1 unspecified atom stereocenters. The molecule has 0 saturated heterocycles. The summed E-state index contributed by atoms with van der Waals surface area (Å²) in [5.41, 5.74) is 2.63. The quantitative estimate of drug-likeness (QED) is 0.562. The van der Waals surface area contributed by atoms with Crippen molar-refractivity contribution >= 4 is 12.0 Å². The highest BCUT2D eigenvalue weighted by Gasteiger charge is 2.16. The van der Waals surface area contributed by atoms with Crippen LogP contribution >= 0.6 is 0 Å². The van der Waals surface area contributed by atoms with Gasteiger partial charge in [0.05, 0.1) is 24.3 Å². The minimum Gasteiger partial charge on any atom is -0.489 e. The zero-order valence-electron chi connectivity index (χ0n) is 19.0. The molecule has 1 atom stereocenters.